The molecule has 0 fully saturated rings. The molecular formula is C26H32BrN5O2S. The van der Waals surface area contributed by atoms with E-state index < -0.39 is 6.09 Å². The zero-order chi connectivity index (χ0) is 25.2. The number of H-pyrrole nitrogens is 1. The van der Waals surface area contributed by atoms with E-state index in [4.69, 9.17) is 15.5 Å². The average molecular weight is 559 g/mol. The Bertz CT molecular complexity index is 1310. The van der Waals surface area contributed by atoms with Gasteiger partial charge >= 0.3 is 6.09 Å². The Morgan fingerprint density at radius 3 is 2.77 bits per heavy atom. The molecule has 1 atom stereocenters. The summed E-state index contributed by atoms with van der Waals surface area (Å²) in [7, 11) is 2.04. The molecule has 7 nitrogen and oxygen atoms in total. The van der Waals surface area contributed by atoms with Crippen LogP contribution < -0.4 is 11.1 Å². The van der Waals surface area contributed by atoms with E-state index in [1.54, 1.807) is 11.3 Å². The van der Waals surface area contributed by atoms with Crippen molar-refractivity contribution in [3.05, 3.63) is 56.8 Å². The maximum absolute atomic E-state index is 11.2. The number of rotatable bonds is 9. The van der Waals surface area contributed by atoms with Crippen molar-refractivity contribution in [3.8, 4) is 0 Å². The lowest BCUT2D eigenvalue weighted by molar-refractivity contribution is 0.0546. The summed E-state index contributed by atoms with van der Waals surface area (Å²) in [6, 6.07) is 10.6. The smallest absolute Gasteiger partial charge is 0.404 e. The molecule has 0 aliphatic heterocycles. The van der Waals surface area contributed by atoms with Crippen molar-refractivity contribution in [2.24, 2.45) is 11.1 Å². The van der Waals surface area contributed by atoms with Crippen LogP contribution in [0, 0.1) is 5.41 Å². The van der Waals surface area contributed by atoms with Crippen molar-refractivity contribution in [1.29, 1.82) is 0 Å². The van der Waals surface area contributed by atoms with Crippen LogP contribution in [0.3, 0.4) is 0 Å². The number of hydrogen-bond acceptors (Lipinski definition) is 6. The van der Waals surface area contributed by atoms with Gasteiger partial charge in [0, 0.05) is 52.0 Å². The lowest BCUT2D eigenvalue weighted by Crippen LogP contribution is -2.47. The van der Waals surface area contributed by atoms with Crippen LogP contribution in [-0.4, -0.2) is 53.7 Å². The normalized spacial score (nSPS) is 13.0. The van der Waals surface area contributed by atoms with Crippen molar-refractivity contribution >= 4 is 61.0 Å². The van der Waals surface area contributed by atoms with E-state index in [-0.39, 0.29) is 18.1 Å². The fourth-order valence-electron chi connectivity index (χ4n) is 4.48. The van der Waals surface area contributed by atoms with E-state index in [1.165, 1.54) is 5.56 Å². The zero-order valence-electron chi connectivity index (χ0n) is 20.5. The van der Waals surface area contributed by atoms with Crippen LogP contribution in [0.2, 0.25) is 0 Å². The third-order valence-electron chi connectivity index (χ3n) is 6.23. The van der Waals surface area contributed by atoms with Gasteiger partial charge < -0.3 is 20.8 Å². The van der Waals surface area contributed by atoms with E-state index in [0.29, 0.717) is 6.54 Å². The summed E-state index contributed by atoms with van der Waals surface area (Å²) in [6.45, 7) is 8.09. The molecule has 4 rings (SSSR count). The Labute approximate surface area is 218 Å². The van der Waals surface area contributed by atoms with Crippen LogP contribution in [0.4, 0.5) is 10.6 Å². The number of pyridine rings is 1. The monoisotopic (exact) mass is 557 g/mol. The van der Waals surface area contributed by atoms with Gasteiger partial charge in [-0.1, -0.05) is 42.8 Å². The summed E-state index contributed by atoms with van der Waals surface area (Å²) in [5.41, 5.74) is 9.54. The lowest BCUT2D eigenvalue weighted by atomic mass is 9.86. The molecule has 1 aromatic carbocycles. The standard InChI is InChI=1S/C26H32BrN5O2S/c1-26(2,3)22(14-34-25(28)33)32(4)9-8-29-24-23-19-6-5-17(27)12-20(19)31-21(23)13-18(30-24)11-16-7-10-35-15-16/h5-7,10,12-13,15,22,31H,8-9,11,14H2,1-4H3,(H2,28,33)(H,29,30). The largest absolute Gasteiger partial charge is 0.448 e. The van der Waals surface area contributed by atoms with Gasteiger partial charge in [0.05, 0.1) is 5.52 Å². The maximum atomic E-state index is 11.2. The number of carbonyl (C=O) groups excluding carboxylic acids is 1. The molecule has 0 spiro atoms. The number of thiophene rings is 1. The highest BCUT2D eigenvalue weighted by Crippen LogP contribution is 2.33. The number of ether oxygens (including phenoxy) is 1. The van der Waals surface area contributed by atoms with Gasteiger partial charge in [-0.2, -0.15) is 11.3 Å². The van der Waals surface area contributed by atoms with Crippen LogP contribution >= 0.6 is 27.3 Å². The first kappa shape index (κ1) is 25.5. The molecular weight excluding hydrogens is 526 g/mol. The number of anilines is 1. The second-order valence-corrected chi connectivity index (χ2v) is 11.6. The first-order valence-corrected chi connectivity index (χ1v) is 13.3. The lowest BCUT2D eigenvalue weighted by Gasteiger charge is -2.37. The van der Waals surface area contributed by atoms with E-state index in [9.17, 15) is 4.79 Å². The Kier molecular flexibility index (Phi) is 7.68. The Morgan fingerprint density at radius 2 is 2.09 bits per heavy atom. The Morgan fingerprint density at radius 1 is 1.29 bits per heavy atom. The molecule has 0 saturated carbocycles. The summed E-state index contributed by atoms with van der Waals surface area (Å²) in [5.74, 6) is 0.871. The van der Waals surface area contributed by atoms with Crippen molar-refractivity contribution in [2.75, 3.05) is 32.1 Å². The van der Waals surface area contributed by atoms with Crippen molar-refractivity contribution < 1.29 is 9.53 Å². The quantitative estimate of drug-likeness (QED) is 0.235. The van der Waals surface area contributed by atoms with E-state index in [1.807, 2.05) is 7.05 Å². The first-order chi connectivity index (χ1) is 16.6. The third-order valence-corrected chi connectivity index (χ3v) is 7.46. The molecule has 1 amide bonds. The van der Waals surface area contributed by atoms with Gasteiger partial charge in [0.1, 0.15) is 12.4 Å². The van der Waals surface area contributed by atoms with Gasteiger partial charge in [-0.05, 0) is 53.1 Å². The molecule has 186 valence electrons. The number of nitrogens with two attached hydrogens (primary N) is 1. The maximum Gasteiger partial charge on any atom is 0.404 e. The zero-order valence-corrected chi connectivity index (χ0v) is 22.9. The molecule has 4 N–H and O–H groups in total. The highest BCUT2D eigenvalue weighted by Gasteiger charge is 2.29. The number of aromatic nitrogens is 2. The number of fused-ring (bicyclic) bond motifs is 3. The number of benzene rings is 1. The van der Waals surface area contributed by atoms with E-state index in [0.717, 1.165) is 50.8 Å². The van der Waals surface area contributed by atoms with Crippen LogP contribution in [0.1, 0.15) is 32.0 Å². The fraction of sp³-hybridized carbons (Fsp3) is 0.385. The number of nitrogens with zero attached hydrogens (tertiary/aromatic N) is 2. The molecule has 0 aliphatic carbocycles. The summed E-state index contributed by atoms with van der Waals surface area (Å²) < 4.78 is 6.18. The first-order valence-electron chi connectivity index (χ1n) is 11.6. The minimum atomic E-state index is -0.745. The Hall–Kier alpha value is -2.62. The number of carbonyl (C=O) groups is 1. The highest BCUT2D eigenvalue weighted by molar-refractivity contribution is 9.10. The molecule has 3 heterocycles. The topological polar surface area (TPSA) is 96.3 Å². The minimum absolute atomic E-state index is 0.0279. The van der Waals surface area contributed by atoms with Crippen molar-refractivity contribution in [2.45, 2.75) is 33.2 Å². The predicted molar refractivity (Wildman–Crippen MR) is 148 cm³/mol. The van der Waals surface area contributed by atoms with Crippen LogP contribution in [-0.2, 0) is 11.2 Å². The van der Waals surface area contributed by atoms with Crippen LogP contribution in [0.15, 0.2) is 45.6 Å². The third kappa shape index (κ3) is 6.15. The fourth-order valence-corrected chi connectivity index (χ4v) is 5.51. The molecule has 1 unspecified atom stereocenters. The average Bonchev–Trinajstić information content (AvgIpc) is 3.39. The Balaban J connectivity index is 1.59. The van der Waals surface area contributed by atoms with Gasteiger partial charge in [0.25, 0.3) is 0 Å². The highest BCUT2D eigenvalue weighted by atomic mass is 79.9. The number of likely N-dealkylation sites (N-methyl/N-ethyl adjacent to an activating group) is 1. The predicted octanol–water partition coefficient (Wildman–Crippen LogP) is 5.98. The number of primary amides is 1. The number of halogens is 1. The molecule has 0 bridgehead atoms. The minimum Gasteiger partial charge on any atom is -0.448 e. The summed E-state index contributed by atoms with van der Waals surface area (Å²) in [4.78, 5) is 22.0. The molecule has 3 aromatic heterocycles. The molecule has 35 heavy (non-hydrogen) atoms. The van der Waals surface area contributed by atoms with Gasteiger partial charge in [0.15, 0.2) is 0 Å². The van der Waals surface area contributed by atoms with Gasteiger partial charge in [-0.25, -0.2) is 9.78 Å². The molecule has 0 radical (unpaired) electrons. The van der Waals surface area contributed by atoms with Crippen LogP contribution in [0.5, 0.6) is 0 Å². The van der Waals surface area contributed by atoms with Crippen LogP contribution in [0.25, 0.3) is 21.8 Å². The number of aromatic amines is 1. The van der Waals surface area contributed by atoms with Crippen molar-refractivity contribution in [3.63, 3.8) is 0 Å². The number of nitrogens with one attached hydrogen (secondary N) is 2. The van der Waals surface area contributed by atoms with E-state index in [2.05, 4.69) is 93.0 Å². The molecule has 0 aliphatic rings. The summed E-state index contributed by atoms with van der Waals surface area (Å²) >= 11 is 5.27. The van der Waals surface area contributed by atoms with Gasteiger partial charge in [-0.15, -0.1) is 0 Å². The van der Waals surface area contributed by atoms with Crippen molar-refractivity contribution in [1.82, 2.24) is 14.9 Å². The molecule has 4 aromatic rings. The molecule has 9 heteroatoms. The van der Waals surface area contributed by atoms with Gasteiger partial charge in [-0.3, -0.25) is 4.90 Å². The number of hydrogen-bond donors (Lipinski definition) is 3. The second-order valence-electron chi connectivity index (χ2n) is 9.93. The number of amides is 1. The molecule has 0 saturated heterocycles. The van der Waals surface area contributed by atoms with E-state index >= 15 is 0 Å². The summed E-state index contributed by atoms with van der Waals surface area (Å²) in [6.07, 6.45) is 0.0367. The SMILES string of the molecule is CN(CCNc1nc(Cc2ccsc2)cc2[nH]c3cc(Br)ccc3c12)C(COC(N)=O)C(C)(C)C. The second kappa shape index (κ2) is 10.6. The van der Waals surface area contributed by atoms with Gasteiger partial charge in [0.2, 0.25) is 0 Å². The summed E-state index contributed by atoms with van der Waals surface area (Å²) in [5, 5.41) is 10.1.